The number of rotatable bonds is 3. The Morgan fingerprint density at radius 2 is 1.30 bits per heavy atom. The maximum absolute atomic E-state index is 6.98. The summed E-state index contributed by atoms with van der Waals surface area (Å²) in [5, 5.41) is 1.47. The van der Waals surface area contributed by atoms with Crippen molar-refractivity contribution in [2.75, 3.05) is 11.9 Å². The summed E-state index contributed by atoms with van der Waals surface area (Å²) in [6.45, 7) is 14.1. The average molecular weight is 280 g/mol. The topological polar surface area (TPSA) is 7.60 Å². The second kappa shape index (κ2) is 5.52. The van der Waals surface area contributed by atoms with E-state index >= 15 is 0 Å². The Morgan fingerprint density at radius 1 is 0.850 bits per heavy atom. The van der Waals surface area contributed by atoms with Gasteiger partial charge in [0, 0.05) is 18.4 Å². The molecule has 0 aliphatic rings. The highest BCUT2D eigenvalue weighted by Crippen LogP contribution is 2.25. The maximum atomic E-state index is 6.98. The molecule has 2 aromatic carbocycles. The van der Waals surface area contributed by atoms with Crippen LogP contribution in [0.1, 0.15) is 0 Å². The van der Waals surface area contributed by atoms with Gasteiger partial charge in [-0.3, -0.25) is 0 Å². The van der Waals surface area contributed by atoms with Crippen LogP contribution in [-0.4, -0.2) is 15.1 Å². The zero-order valence-electron chi connectivity index (χ0n) is 12.5. The van der Waals surface area contributed by atoms with E-state index in [9.17, 15) is 0 Å². The van der Waals surface area contributed by atoms with Crippen LogP contribution in [0.4, 0.5) is 17.1 Å². The molecule has 0 saturated heterocycles. The third kappa shape index (κ3) is 3.09. The number of anilines is 2. The standard InChI is InChI=1S/C17H20N2Si/c1-18-14-6-8-15(9-7-14)19(2)16-10-12-17(13-11-16)20(3,4)5/h6-13H,2-5H3. The van der Waals surface area contributed by atoms with Gasteiger partial charge in [-0.1, -0.05) is 49.1 Å². The summed E-state index contributed by atoms with van der Waals surface area (Å²) >= 11 is 0. The van der Waals surface area contributed by atoms with Crippen LogP contribution in [0, 0.1) is 6.57 Å². The normalized spacial score (nSPS) is 10.9. The molecular formula is C17H20N2Si. The van der Waals surface area contributed by atoms with Crippen LogP contribution >= 0.6 is 0 Å². The van der Waals surface area contributed by atoms with E-state index in [0.717, 1.165) is 5.69 Å². The molecule has 102 valence electrons. The van der Waals surface area contributed by atoms with Gasteiger partial charge in [0.25, 0.3) is 0 Å². The fourth-order valence-corrected chi connectivity index (χ4v) is 3.25. The molecule has 0 fully saturated rings. The fraction of sp³-hybridized carbons (Fsp3) is 0.235. The van der Waals surface area contributed by atoms with Gasteiger partial charge in [-0.05, 0) is 24.3 Å². The molecular weight excluding hydrogens is 260 g/mol. The van der Waals surface area contributed by atoms with Crippen molar-refractivity contribution in [1.82, 2.24) is 0 Å². The highest BCUT2D eigenvalue weighted by atomic mass is 28.3. The first-order chi connectivity index (χ1) is 9.41. The van der Waals surface area contributed by atoms with Crippen molar-refractivity contribution in [1.29, 1.82) is 0 Å². The lowest BCUT2D eigenvalue weighted by Gasteiger charge is -2.22. The minimum Gasteiger partial charge on any atom is -0.345 e. The molecule has 0 N–H and O–H groups in total. The molecule has 0 amide bonds. The highest BCUT2D eigenvalue weighted by molar-refractivity contribution is 6.88. The Labute approximate surface area is 122 Å². The molecule has 2 nitrogen and oxygen atoms in total. The average Bonchev–Trinajstić information content (AvgIpc) is 2.46. The molecule has 0 aromatic heterocycles. The van der Waals surface area contributed by atoms with Gasteiger partial charge in [0.2, 0.25) is 0 Å². The Kier molecular flexibility index (Phi) is 3.96. The zero-order chi connectivity index (χ0) is 14.8. The molecule has 2 aromatic rings. The van der Waals surface area contributed by atoms with Crippen molar-refractivity contribution < 1.29 is 0 Å². The molecule has 0 atom stereocenters. The Bertz CT molecular complexity index is 616. The number of hydrogen-bond acceptors (Lipinski definition) is 1. The molecule has 3 heteroatoms. The summed E-state index contributed by atoms with van der Waals surface area (Å²) in [4.78, 5) is 5.56. The Morgan fingerprint density at radius 3 is 1.70 bits per heavy atom. The zero-order valence-corrected chi connectivity index (χ0v) is 13.5. The van der Waals surface area contributed by atoms with E-state index < -0.39 is 8.07 Å². The van der Waals surface area contributed by atoms with E-state index in [1.54, 1.807) is 0 Å². The van der Waals surface area contributed by atoms with E-state index in [-0.39, 0.29) is 0 Å². The van der Waals surface area contributed by atoms with Gasteiger partial charge < -0.3 is 4.90 Å². The third-order valence-corrected chi connectivity index (χ3v) is 5.55. The lowest BCUT2D eigenvalue weighted by molar-refractivity contribution is 1.21. The van der Waals surface area contributed by atoms with E-state index in [1.807, 2.05) is 24.3 Å². The predicted octanol–water partition coefficient (Wildman–Crippen LogP) is 4.55. The van der Waals surface area contributed by atoms with E-state index in [1.165, 1.54) is 10.9 Å². The van der Waals surface area contributed by atoms with Crippen molar-refractivity contribution in [3.05, 3.63) is 59.9 Å². The van der Waals surface area contributed by atoms with Gasteiger partial charge in [-0.25, -0.2) is 4.85 Å². The molecule has 0 unspecified atom stereocenters. The summed E-state index contributed by atoms with van der Waals surface area (Å²) < 4.78 is 0. The Hall–Kier alpha value is -2.05. The lowest BCUT2D eigenvalue weighted by atomic mass is 10.2. The molecule has 0 aliphatic carbocycles. The van der Waals surface area contributed by atoms with Crippen molar-refractivity contribution in [2.24, 2.45) is 0 Å². The van der Waals surface area contributed by atoms with Gasteiger partial charge in [0.1, 0.15) is 0 Å². The summed E-state index contributed by atoms with van der Waals surface area (Å²) in [6.07, 6.45) is 0. The van der Waals surface area contributed by atoms with Crippen LogP contribution < -0.4 is 10.1 Å². The summed E-state index contributed by atoms with van der Waals surface area (Å²) in [5.41, 5.74) is 2.94. The SMILES string of the molecule is [C-]#[N+]c1ccc(N(C)c2ccc([Si](C)(C)C)cc2)cc1. The van der Waals surface area contributed by atoms with Gasteiger partial charge in [-0.15, -0.1) is 0 Å². The van der Waals surface area contributed by atoms with Crippen LogP contribution in [0.15, 0.2) is 48.5 Å². The molecule has 0 radical (unpaired) electrons. The molecule has 0 aliphatic heterocycles. The second-order valence-corrected chi connectivity index (χ2v) is 11.1. The van der Waals surface area contributed by atoms with Crippen molar-refractivity contribution in [2.45, 2.75) is 19.6 Å². The molecule has 2 rings (SSSR count). The highest BCUT2D eigenvalue weighted by Gasteiger charge is 2.16. The first kappa shape index (κ1) is 14.4. The molecule has 0 saturated carbocycles. The quantitative estimate of drug-likeness (QED) is 0.591. The monoisotopic (exact) mass is 280 g/mol. The fourth-order valence-electron chi connectivity index (χ4n) is 2.08. The molecule has 0 heterocycles. The first-order valence-corrected chi connectivity index (χ1v) is 10.2. The number of nitrogens with zero attached hydrogens (tertiary/aromatic N) is 2. The van der Waals surface area contributed by atoms with Gasteiger partial charge in [-0.2, -0.15) is 0 Å². The minimum atomic E-state index is -1.23. The van der Waals surface area contributed by atoms with Crippen LogP contribution in [0.25, 0.3) is 4.85 Å². The van der Waals surface area contributed by atoms with Gasteiger partial charge >= 0.3 is 0 Å². The van der Waals surface area contributed by atoms with Crippen molar-refractivity contribution in [3.8, 4) is 0 Å². The summed E-state index contributed by atoms with van der Waals surface area (Å²) in [6, 6.07) is 16.5. The summed E-state index contributed by atoms with van der Waals surface area (Å²) in [5.74, 6) is 0. The summed E-state index contributed by atoms with van der Waals surface area (Å²) in [7, 11) is 0.818. The van der Waals surface area contributed by atoms with E-state index in [4.69, 9.17) is 6.57 Å². The number of benzene rings is 2. The lowest BCUT2D eigenvalue weighted by Crippen LogP contribution is -2.37. The Balaban J connectivity index is 2.24. The molecule has 0 bridgehead atoms. The van der Waals surface area contributed by atoms with Crippen molar-refractivity contribution >= 4 is 30.3 Å². The molecule has 20 heavy (non-hydrogen) atoms. The van der Waals surface area contributed by atoms with Crippen molar-refractivity contribution in [3.63, 3.8) is 0 Å². The first-order valence-electron chi connectivity index (χ1n) is 6.73. The third-order valence-electron chi connectivity index (χ3n) is 3.49. The van der Waals surface area contributed by atoms with Crippen LogP contribution in [0.5, 0.6) is 0 Å². The van der Waals surface area contributed by atoms with E-state index in [0.29, 0.717) is 5.69 Å². The van der Waals surface area contributed by atoms with Crippen LogP contribution in [0.2, 0.25) is 19.6 Å². The van der Waals surface area contributed by atoms with Crippen LogP contribution in [-0.2, 0) is 0 Å². The minimum absolute atomic E-state index is 0.677. The largest absolute Gasteiger partial charge is 0.345 e. The predicted molar refractivity (Wildman–Crippen MR) is 90.2 cm³/mol. The molecule has 0 spiro atoms. The smallest absolute Gasteiger partial charge is 0.187 e. The van der Waals surface area contributed by atoms with Gasteiger partial charge in [0.15, 0.2) is 5.69 Å². The van der Waals surface area contributed by atoms with Gasteiger partial charge in [0.05, 0.1) is 14.6 Å². The number of hydrogen-bond donors (Lipinski definition) is 0. The van der Waals surface area contributed by atoms with E-state index in [2.05, 4.69) is 60.7 Å². The van der Waals surface area contributed by atoms with Crippen LogP contribution in [0.3, 0.4) is 0 Å². The maximum Gasteiger partial charge on any atom is 0.187 e. The second-order valence-electron chi connectivity index (χ2n) is 5.98.